The minimum atomic E-state index is 0.0770. The van der Waals surface area contributed by atoms with Gasteiger partial charge in [0.2, 0.25) is 0 Å². The van der Waals surface area contributed by atoms with Gasteiger partial charge < -0.3 is 14.2 Å². The monoisotopic (exact) mass is 432 g/mol. The van der Waals surface area contributed by atoms with Gasteiger partial charge in [-0.15, -0.1) is 11.8 Å². The lowest BCUT2D eigenvalue weighted by Crippen LogP contribution is -2.26. The topological polar surface area (TPSA) is 27.7 Å². The van der Waals surface area contributed by atoms with Crippen molar-refractivity contribution < 1.29 is 14.2 Å². The van der Waals surface area contributed by atoms with Crippen LogP contribution in [-0.2, 0) is 14.2 Å². The molecule has 0 N–H and O–H groups in total. The molecule has 0 aliphatic carbocycles. The molecule has 0 spiro atoms. The van der Waals surface area contributed by atoms with E-state index in [4.69, 9.17) is 14.2 Å². The summed E-state index contributed by atoms with van der Waals surface area (Å²) in [5, 5.41) is 0. The predicted octanol–water partition coefficient (Wildman–Crippen LogP) is 8.01. The molecule has 0 aromatic heterocycles. The van der Waals surface area contributed by atoms with Crippen LogP contribution in [0.3, 0.4) is 0 Å². The molecule has 4 heteroatoms. The number of hydrogen-bond donors (Lipinski definition) is 0. The first-order valence-electron chi connectivity index (χ1n) is 12.6. The van der Waals surface area contributed by atoms with Crippen molar-refractivity contribution in [1.82, 2.24) is 0 Å². The zero-order chi connectivity index (χ0) is 21.3. The van der Waals surface area contributed by atoms with Crippen LogP contribution in [0.5, 0.6) is 0 Å². The van der Waals surface area contributed by atoms with Crippen molar-refractivity contribution in [3.05, 3.63) is 0 Å². The molecule has 0 aromatic carbocycles. The molecule has 0 aliphatic heterocycles. The molecule has 0 fully saturated rings. The summed E-state index contributed by atoms with van der Waals surface area (Å²) in [6.45, 7) is 7.17. The normalized spacial score (nSPS) is 12.5. The van der Waals surface area contributed by atoms with Crippen LogP contribution in [0.2, 0.25) is 0 Å². The molecular formula is C25H52O3S. The minimum Gasteiger partial charge on any atom is -0.379 e. The SMILES string of the molecule is CCCCCCCCCCCCCCCCCCOCC(COCSC)OCC. The zero-order valence-corrected chi connectivity index (χ0v) is 20.9. The summed E-state index contributed by atoms with van der Waals surface area (Å²) in [6.07, 6.45) is 24.6. The van der Waals surface area contributed by atoms with Crippen LogP contribution in [0, 0.1) is 0 Å². The van der Waals surface area contributed by atoms with Crippen LogP contribution in [0.4, 0.5) is 0 Å². The number of ether oxygens (including phenoxy) is 3. The molecule has 176 valence electrons. The number of rotatable bonds is 25. The van der Waals surface area contributed by atoms with Gasteiger partial charge in [-0.1, -0.05) is 103 Å². The van der Waals surface area contributed by atoms with Crippen molar-refractivity contribution in [1.29, 1.82) is 0 Å². The van der Waals surface area contributed by atoms with Gasteiger partial charge in [0.15, 0.2) is 0 Å². The fourth-order valence-electron chi connectivity index (χ4n) is 3.61. The Balaban J connectivity index is 3.21. The number of thioether (sulfide) groups is 1. The Morgan fingerprint density at radius 3 is 1.48 bits per heavy atom. The fraction of sp³-hybridized carbons (Fsp3) is 1.00. The fourth-order valence-corrected chi connectivity index (χ4v) is 3.87. The Kier molecular flexibility index (Phi) is 26.5. The van der Waals surface area contributed by atoms with Gasteiger partial charge in [-0.25, -0.2) is 0 Å². The Hall–Kier alpha value is 0.230. The van der Waals surface area contributed by atoms with Crippen molar-refractivity contribution in [3.8, 4) is 0 Å². The van der Waals surface area contributed by atoms with E-state index in [9.17, 15) is 0 Å². The molecule has 29 heavy (non-hydrogen) atoms. The molecule has 1 unspecified atom stereocenters. The van der Waals surface area contributed by atoms with Crippen molar-refractivity contribution in [2.45, 2.75) is 123 Å². The molecule has 0 aromatic rings. The van der Waals surface area contributed by atoms with Crippen LogP contribution < -0.4 is 0 Å². The summed E-state index contributed by atoms with van der Waals surface area (Å²) in [7, 11) is 0. The lowest BCUT2D eigenvalue weighted by molar-refractivity contribution is -0.0497. The Labute approximate surface area is 187 Å². The lowest BCUT2D eigenvalue weighted by atomic mass is 10.0. The maximum Gasteiger partial charge on any atom is 0.104 e. The van der Waals surface area contributed by atoms with Gasteiger partial charge in [0.1, 0.15) is 6.10 Å². The largest absolute Gasteiger partial charge is 0.379 e. The van der Waals surface area contributed by atoms with E-state index in [1.165, 1.54) is 103 Å². The standard InChI is InChI=1S/C25H52O3S/c1-4-6-7-8-9-10-11-12-13-14-15-16-17-18-19-20-21-26-22-25(28-5-2)23-27-24-29-3/h25H,4-24H2,1-3H3. The molecule has 3 nitrogen and oxygen atoms in total. The number of unbranched alkanes of at least 4 members (excludes halogenated alkanes) is 15. The third-order valence-corrected chi connectivity index (χ3v) is 5.76. The van der Waals surface area contributed by atoms with E-state index in [1.807, 2.05) is 13.2 Å². The van der Waals surface area contributed by atoms with E-state index in [2.05, 4.69) is 6.92 Å². The smallest absolute Gasteiger partial charge is 0.104 e. The van der Waals surface area contributed by atoms with Crippen LogP contribution in [0.15, 0.2) is 0 Å². The van der Waals surface area contributed by atoms with E-state index >= 15 is 0 Å². The summed E-state index contributed by atoms with van der Waals surface area (Å²) in [4.78, 5) is 0. The highest BCUT2D eigenvalue weighted by atomic mass is 32.2. The van der Waals surface area contributed by atoms with Crippen LogP contribution >= 0.6 is 11.8 Å². The van der Waals surface area contributed by atoms with E-state index in [-0.39, 0.29) is 6.10 Å². The van der Waals surface area contributed by atoms with E-state index in [1.54, 1.807) is 11.8 Å². The molecule has 0 saturated heterocycles. The number of hydrogen-bond acceptors (Lipinski definition) is 4. The van der Waals surface area contributed by atoms with Crippen molar-refractivity contribution >= 4 is 11.8 Å². The van der Waals surface area contributed by atoms with Crippen molar-refractivity contribution in [2.75, 3.05) is 38.6 Å². The summed E-state index contributed by atoms with van der Waals surface area (Å²) >= 11 is 1.69. The Bertz CT molecular complexity index is 289. The summed E-state index contributed by atoms with van der Waals surface area (Å²) in [5.41, 5.74) is 0. The van der Waals surface area contributed by atoms with Crippen LogP contribution in [-0.4, -0.2) is 44.7 Å². The highest BCUT2D eigenvalue weighted by Crippen LogP contribution is 2.13. The first-order valence-corrected chi connectivity index (χ1v) is 14.0. The van der Waals surface area contributed by atoms with E-state index in [0.29, 0.717) is 13.2 Å². The van der Waals surface area contributed by atoms with Gasteiger partial charge in [-0.2, -0.15) is 0 Å². The van der Waals surface area contributed by atoms with Gasteiger partial charge in [-0.3, -0.25) is 0 Å². The molecule has 0 heterocycles. The maximum absolute atomic E-state index is 5.79. The zero-order valence-electron chi connectivity index (χ0n) is 20.1. The molecule has 0 bridgehead atoms. The maximum atomic E-state index is 5.79. The first-order chi connectivity index (χ1) is 14.3. The van der Waals surface area contributed by atoms with Gasteiger partial charge in [0.05, 0.1) is 19.2 Å². The highest BCUT2D eigenvalue weighted by Gasteiger charge is 2.08. The third kappa shape index (κ3) is 24.4. The predicted molar refractivity (Wildman–Crippen MR) is 130 cm³/mol. The van der Waals surface area contributed by atoms with E-state index in [0.717, 1.165) is 19.2 Å². The van der Waals surface area contributed by atoms with E-state index < -0.39 is 0 Å². The third-order valence-electron chi connectivity index (χ3n) is 5.35. The second-order valence-corrected chi connectivity index (χ2v) is 9.05. The molecule has 0 rings (SSSR count). The average Bonchev–Trinajstić information content (AvgIpc) is 2.73. The minimum absolute atomic E-state index is 0.0770. The molecule has 0 aliphatic rings. The first kappa shape index (κ1) is 29.2. The molecular weight excluding hydrogens is 380 g/mol. The Morgan fingerprint density at radius 1 is 0.586 bits per heavy atom. The average molecular weight is 433 g/mol. The van der Waals surface area contributed by atoms with Crippen molar-refractivity contribution in [3.63, 3.8) is 0 Å². The summed E-state index contributed by atoms with van der Waals surface area (Å²) in [5.74, 6) is 0.725. The van der Waals surface area contributed by atoms with Crippen LogP contribution in [0.1, 0.15) is 117 Å². The van der Waals surface area contributed by atoms with Crippen LogP contribution in [0.25, 0.3) is 0 Å². The lowest BCUT2D eigenvalue weighted by Gasteiger charge is -2.17. The van der Waals surface area contributed by atoms with Gasteiger partial charge in [-0.05, 0) is 19.6 Å². The van der Waals surface area contributed by atoms with Gasteiger partial charge >= 0.3 is 0 Å². The molecule has 0 amide bonds. The molecule has 1 atom stereocenters. The quantitative estimate of drug-likeness (QED) is 0.108. The summed E-state index contributed by atoms with van der Waals surface area (Å²) in [6, 6.07) is 0. The van der Waals surface area contributed by atoms with Gasteiger partial charge in [0.25, 0.3) is 0 Å². The second kappa shape index (κ2) is 26.3. The second-order valence-electron chi connectivity index (χ2n) is 8.23. The van der Waals surface area contributed by atoms with Gasteiger partial charge in [0, 0.05) is 13.2 Å². The molecule has 0 radical (unpaired) electrons. The molecule has 0 saturated carbocycles. The van der Waals surface area contributed by atoms with Crippen molar-refractivity contribution in [2.24, 2.45) is 0 Å². The highest BCUT2D eigenvalue weighted by molar-refractivity contribution is 7.98. The summed E-state index contributed by atoms with van der Waals surface area (Å²) < 4.78 is 17.0. The Morgan fingerprint density at radius 2 is 1.03 bits per heavy atom.